The van der Waals surface area contributed by atoms with Crippen molar-refractivity contribution in [2.45, 2.75) is 26.2 Å². The number of para-hydroxylation sites is 1. The van der Waals surface area contributed by atoms with Gasteiger partial charge in [-0.1, -0.05) is 35.9 Å². The van der Waals surface area contributed by atoms with Gasteiger partial charge in [-0.2, -0.15) is 5.26 Å². The Bertz CT molecular complexity index is 1140. The van der Waals surface area contributed by atoms with E-state index in [2.05, 4.69) is 4.98 Å². The van der Waals surface area contributed by atoms with Crippen LogP contribution in [-0.4, -0.2) is 30.0 Å². The number of halogens is 1. The van der Waals surface area contributed by atoms with Crippen LogP contribution >= 0.6 is 11.6 Å². The third-order valence-corrected chi connectivity index (χ3v) is 5.22. The Morgan fingerprint density at radius 2 is 1.97 bits per heavy atom. The van der Waals surface area contributed by atoms with Crippen LogP contribution in [0, 0.1) is 18.3 Å². The number of aryl methyl sites for hydroxylation is 2. The first-order valence-electron chi connectivity index (χ1n) is 9.91. The number of fused-ring (bicyclic) bond motifs is 1. The number of nitriles is 1. The molecule has 0 bridgehead atoms. The second-order valence-corrected chi connectivity index (χ2v) is 7.45. The van der Waals surface area contributed by atoms with Crippen molar-refractivity contribution in [3.05, 3.63) is 70.9 Å². The zero-order valence-electron chi connectivity index (χ0n) is 17.2. The monoisotopic (exact) mass is 435 g/mol. The molecule has 0 aliphatic carbocycles. The van der Waals surface area contributed by atoms with Gasteiger partial charge in [-0.15, -0.1) is 0 Å². The van der Waals surface area contributed by atoms with Crippen LogP contribution in [0.4, 0.5) is 5.69 Å². The minimum Gasteiger partial charge on any atom is -0.456 e. The molecule has 0 fully saturated rings. The van der Waals surface area contributed by atoms with Gasteiger partial charge in [0.05, 0.1) is 24.4 Å². The first kappa shape index (κ1) is 22.3. The fourth-order valence-electron chi connectivity index (χ4n) is 3.13. The van der Waals surface area contributed by atoms with E-state index in [1.165, 1.54) is 4.90 Å². The van der Waals surface area contributed by atoms with Gasteiger partial charge in [0.1, 0.15) is 0 Å². The lowest BCUT2D eigenvalue weighted by Crippen LogP contribution is -2.35. The van der Waals surface area contributed by atoms with Crippen LogP contribution in [-0.2, 0) is 20.7 Å². The van der Waals surface area contributed by atoms with E-state index in [0.717, 1.165) is 22.2 Å². The highest BCUT2D eigenvalue weighted by atomic mass is 35.5. The van der Waals surface area contributed by atoms with Gasteiger partial charge < -0.3 is 9.64 Å². The molecule has 0 aliphatic rings. The highest BCUT2D eigenvalue weighted by Crippen LogP contribution is 2.23. The molecule has 0 atom stereocenters. The molecule has 0 saturated heterocycles. The average molecular weight is 436 g/mol. The standard InChI is InChI=1S/C24H22ClN3O3/c1-17-15-20(10-11-21(17)25)28(14-4-13-26)23(29)16-31-24(30)12-9-19-8-7-18-5-2-3-6-22(18)27-19/h2-3,5-8,10-11,15H,4,9,12,14,16H2,1H3. The summed E-state index contributed by atoms with van der Waals surface area (Å²) < 4.78 is 5.18. The van der Waals surface area contributed by atoms with Gasteiger partial charge in [0.15, 0.2) is 6.61 Å². The third kappa shape index (κ3) is 6.03. The molecule has 31 heavy (non-hydrogen) atoms. The number of carbonyl (C=O) groups excluding carboxylic acids is 2. The number of aromatic nitrogens is 1. The van der Waals surface area contributed by atoms with E-state index in [1.54, 1.807) is 18.2 Å². The Hall–Kier alpha value is -3.43. The van der Waals surface area contributed by atoms with E-state index in [4.69, 9.17) is 21.6 Å². The average Bonchev–Trinajstić information content (AvgIpc) is 2.78. The lowest BCUT2D eigenvalue weighted by Gasteiger charge is -2.22. The van der Waals surface area contributed by atoms with Crippen molar-refractivity contribution in [2.75, 3.05) is 18.1 Å². The first-order chi connectivity index (χ1) is 15.0. The van der Waals surface area contributed by atoms with E-state index in [9.17, 15) is 9.59 Å². The Balaban J connectivity index is 1.56. The number of hydrogen-bond acceptors (Lipinski definition) is 5. The summed E-state index contributed by atoms with van der Waals surface area (Å²) >= 11 is 6.06. The second kappa shape index (κ2) is 10.6. The number of benzene rings is 2. The summed E-state index contributed by atoms with van der Waals surface area (Å²) in [6.07, 6.45) is 0.707. The summed E-state index contributed by atoms with van der Waals surface area (Å²) in [5.74, 6) is -0.870. The Labute approximate surface area is 186 Å². The maximum atomic E-state index is 12.7. The quantitative estimate of drug-likeness (QED) is 0.482. The van der Waals surface area contributed by atoms with Crippen LogP contribution in [0.25, 0.3) is 10.9 Å². The van der Waals surface area contributed by atoms with E-state index < -0.39 is 18.5 Å². The number of carbonyl (C=O) groups is 2. The van der Waals surface area contributed by atoms with Crippen LogP contribution in [0.1, 0.15) is 24.1 Å². The number of ether oxygens (including phenoxy) is 1. The summed E-state index contributed by atoms with van der Waals surface area (Å²) in [4.78, 5) is 30.8. The number of esters is 1. The van der Waals surface area contributed by atoms with Gasteiger partial charge in [-0.3, -0.25) is 14.6 Å². The van der Waals surface area contributed by atoms with Crippen molar-refractivity contribution in [3.8, 4) is 6.07 Å². The van der Waals surface area contributed by atoms with Crippen molar-refractivity contribution >= 4 is 40.1 Å². The van der Waals surface area contributed by atoms with Crippen molar-refractivity contribution < 1.29 is 14.3 Å². The topological polar surface area (TPSA) is 83.3 Å². The molecule has 3 aromatic rings. The third-order valence-electron chi connectivity index (χ3n) is 4.80. The summed E-state index contributed by atoms with van der Waals surface area (Å²) in [5.41, 5.74) is 3.08. The molecule has 3 rings (SSSR count). The molecule has 0 N–H and O–H groups in total. The van der Waals surface area contributed by atoms with Gasteiger partial charge in [0, 0.05) is 34.8 Å². The second-order valence-electron chi connectivity index (χ2n) is 7.04. The van der Waals surface area contributed by atoms with Crippen LogP contribution in [0.3, 0.4) is 0 Å². The van der Waals surface area contributed by atoms with Crippen LogP contribution in [0.5, 0.6) is 0 Å². The number of anilines is 1. The van der Waals surface area contributed by atoms with Crippen molar-refractivity contribution in [1.82, 2.24) is 4.98 Å². The number of amides is 1. The van der Waals surface area contributed by atoms with Gasteiger partial charge in [-0.05, 0) is 42.8 Å². The first-order valence-corrected chi connectivity index (χ1v) is 10.3. The summed E-state index contributed by atoms with van der Waals surface area (Å²) in [7, 11) is 0. The highest BCUT2D eigenvalue weighted by molar-refractivity contribution is 6.31. The number of pyridine rings is 1. The zero-order valence-corrected chi connectivity index (χ0v) is 17.9. The van der Waals surface area contributed by atoms with Crippen molar-refractivity contribution in [3.63, 3.8) is 0 Å². The van der Waals surface area contributed by atoms with Crippen LogP contribution in [0.2, 0.25) is 5.02 Å². The van der Waals surface area contributed by atoms with Crippen LogP contribution < -0.4 is 4.90 Å². The molecule has 1 heterocycles. The lowest BCUT2D eigenvalue weighted by atomic mass is 10.1. The lowest BCUT2D eigenvalue weighted by molar-refractivity contribution is -0.147. The molecule has 7 heteroatoms. The van der Waals surface area contributed by atoms with Crippen LogP contribution in [0.15, 0.2) is 54.6 Å². The predicted molar refractivity (Wildman–Crippen MR) is 120 cm³/mol. The van der Waals surface area contributed by atoms with E-state index in [0.29, 0.717) is 17.1 Å². The van der Waals surface area contributed by atoms with E-state index in [-0.39, 0.29) is 19.4 Å². The highest BCUT2D eigenvalue weighted by Gasteiger charge is 2.18. The summed E-state index contributed by atoms with van der Waals surface area (Å²) in [5, 5.41) is 10.5. The van der Waals surface area contributed by atoms with Gasteiger partial charge >= 0.3 is 5.97 Å². The molecule has 1 aromatic heterocycles. The Morgan fingerprint density at radius 1 is 1.16 bits per heavy atom. The largest absolute Gasteiger partial charge is 0.456 e. The van der Waals surface area contributed by atoms with Gasteiger partial charge in [0.2, 0.25) is 0 Å². The molecular formula is C24H22ClN3O3. The molecule has 0 unspecified atom stereocenters. The zero-order chi connectivity index (χ0) is 22.2. The molecule has 0 radical (unpaired) electrons. The van der Waals surface area contributed by atoms with Crippen molar-refractivity contribution in [2.24, 2.45) is 0 Å². The smallest absolute Gasteiger partial charge is 0.306 e. The molecule has 158 valence electrons. The maximum Gasteiger partial charge on any atom is 0.306 e. The molecule has 0 saturated carbocycles. The molecule has 0 spiro atoms. The fraction of sp³-hybridized carbons (Fsp3) is 0.250. The normalized spacial score (nSPS) is 10.5. The van der Waals surface area contributed by atoms with Gasteiger partial charge in [-0.25, -0.2) is 0 Å². The summed E-state index contributed by atoms with van der Waals surface area (Å²) in [6.45, 7) is 1.64. The SMILES string of the molecule is Cc1cc(N(CCC#N)C(=O)COC(=O)CCc2ccc3ccccc3n2)ccc1Cl. The Kier molecular flexibility index (Phi) is 7.58. The van der Waals surface area contributed by atoms with Gasteiger partial charge in [0.25, 0.3) is 5.91 Å². The summed E-state index contributed by atoms with van der Waals surface area (Å²) in [6, 6.07) is 18.8. The molecule has 0 aliphatic heterocycles. The number of nitrogens with zero attached hydrogens (tertiary/aromatic N) is 3. The predicted octanol–water partition coefficient (Wildman–Crippen LogP) is 4.62. The molecule has 1 amide bonds. The van der Waals surface area contributed by atoms with E-state index in [1.807, 2.05) is 49.4 Å². The molecular weight excluding hydrogens is 414 g/mol. The minimum absolute atomic E-state index is 0.122. The van der Waals surface area contributed by atoms with Crippen molar-refractivity contribution in [1.29, 1.82) is 5.26 Å². The fourth-order valence-corrected chi connectivity index (χ4v) is 3.24. The van der Waals surface area contributed by atoms with E-state index >= 15 is 0 Å². The number of hydrogen-bond donors (Lipinski definition) is 0. The maximum absolute atomic E-state index is 12.7. The molecule has 2 aromatic carbocycles. The molecule has 6 nitrogen and oxygen atoms in total. The minimum atomic E-state index is -0.476. The number of rotatable bonds is 8. The Morgan fingerprint density at radius 3 is 2.74 bits per heavy atom.